The number of halogens is 2. The van der Waals surface area contributed by atoms with Gasteiger partial charge in [0.1, 0.15) is 0 Å². The second-order valence-electron chi connectivity index (χ2n) is 2.51. The molecule has 74 valence electrons. The highest BCUT2D eigenvalue weighted by molar-refractivity contribution is 5.91. The predicted molar refractivity (Wildman–Crippen MR) is 47.6 cm³/mol. The van der Waals surface area contributed by atoms with Crippen molar-refractivity contribution in [3.63, 3.8) is 0 Å². The molecule has 0 radical (unpaired) electrons. The first-order chi connectivity index (χ1) is 6.63. The number of rotatable bonds is 3. The first-order valence-corrected chi connectivity index (χ1v) is 3.86. The zero-order chi connectivity index (χ0) is 10.6. The molecular formula is C9H8F2N2O. The van der Waals surface area contributed by atoms with Crippen LogP contribution in [0.1, 0.15) is 6.42 Å². The van der Waals surface area contributed by atoms with Crippen LogP contribution < -0.4 is 5.32 Å². The Kier molecular flexibility index (Phi) is 3.28. The molecule has 1 amide bonds. The van der Waals surface area contributed by atoms with E-state index in [9.17, 15) is 13.6 Å². The lowest BCUT2D eigenvalue weighted by Crippen LogP contribution is -2.12. The van der Waals surface area contributed by atoms with Crippen LogP contribution in [0.2, 0.25) is 0 Å². The van der Waals surface area contributed by atoms with Gasteiger partial charge in [-0.2, -0.15) is 13.8 Å². The number of anilines is 1. The van der Waals surface area contributed by atoms with Crippen LogP contribution in [0.5, 0.6) is 0 Å². The van der Waals surface area contributed by atoms with Gasteiger partial charge in [0.25, 0.3) is 0 Å². The monoisotopic (exact) mass is 198 g/mol. The van der Waals surface area contributed by atoms with Crippen molar-refractivity contribution in [2.24, 2.45) is 0 Å². The Labute approximate surface area is 79.5 Å². The first kappa shape index (κ1) is 10.3. The van der Waals surface area contributed by atoms with Crippen molar-refractivity contribution in [2.45, 2.75) is 6.42 Å². The van der Waals surface area contributed by atoms with Crippen molar-refractivity contribution >= 4 is 11.6 Å². The molecular weight excluding hydrogens is 190 g/mol. The van der Waals surface area contributed by atoms with E-state index in [1.165, 1.54) is 6.08 Å². The van der Waals surface area contributed by atoms with E-state index in [0.717, 1.165) is 12.1 Å². The molecule has 14 heavy (non-hydrogen) atoms. The Morgan fingerprint density at radius 3 is 2.86 bits per heavy atom. The van der Waals surface area contributed by atoms with Gasteiger partial charge in [-0.15, -0.1) is 6.58 Å². The zero-order valence-corrected chi connectivity index (χ0v) is 7.26. The van der Waals surface area contributed by atoms with Gasteiger partial charge in [0.2, 0.25) is 17.8 Å². The summed E-state index contributed by atoms with van der Waals surface area (Å²) in [6.45, 7) is 3.35. The molecule has 0 saturated heterocycles. The minimum Gasteiger partial charge on any atom is -0.322 e. The lowest BCUT2D eigenvalue weighted by atomic mass is 10.3. The highest BCUT2D eigenvalue weighted by Crippen LogP contribution is 2.11. The van der Waals surface area contributed by atoms with Gasteiger partial charge in [-0.1, -0.05) is 6.08 Å². The summed E-state index contributed by atoms with van der Waals surface area (Å²) in [6, 6.07) is 2.07. The maximum Gasteiger partial charge on any atom is 0.239 e. The molecule has 3 nitrogen and oxygen atoms in total. The molecule has 5 heteroatoms. The number of hydrogen-bond donors (Lipinski definition) is 1. The fourth-order valence-corrected chi connectivity index (χ4v) is 0.838. The summed E-state index contributed by atoms with van der Waals surface area (Å²) in [6.07, 6.45) is 1.45. The standard InChI is InChI=1S/C9H8F2N2O/c1-2-3-8(14)12-6-4-5-7(10)13-9(6)11/h2,4-5H,1,3H2,(H,12,14). The normalized spacial score (nSPS) is 9.57. The zero-order valence-electron chi connectivity index (χ0n) is 7.26. The van der Waals surface area contributed by atoms with Gasteiger partial charge in [0.15, 0.2) is 0 Å². The van der Waals surface area contributed by atoms with E-state index in [1.54, 1.807) is 0 Å². The van der Waals surface area contributed by atoms with E-state index in [0.29, 0.717) is 0 Å². The highest BCUT2D eigenvalue weighted by Gasteiger charge is 2.07. The van der Waals surface area contributed by atoms with Crippen LogP contribution >= 0.6 is 0 Å². The van der Waals surface area contributed by atoms with Crippen molar-refractivity contribution in [3.8, 4) is 0 Å². The van der Waals surface area contributed by atoms with Crippen molar-refractivity contribution in [2.75, 3.05) is 5.32 Å². The Hall–Kier alpha value is -1.78. The Bertz CT molecular complexity index is 366. The molecule has 1 heterocycles. The molecule has 0 aliphatic rings. The van der Waals surface area contributed by atoms with Crippen molar-refractivity contribution in [3.05, 3.63) is 36.7 Å². The summed E-state index contributed by atoms with van der Waals surface area (Å²) in [5.74, 6) is -2.39. The van der Waals surface area contributed by atoms with Gasteiger partial charge >= 0.3 is 0 Å². The molecule has 0 aromatic carbocycles. The number of amides is 1. The third-order valence-corrected chi connectivity index (χ3v) is 1.42. The molecule has 0 spiro atoms. The molecule has 0 atom stereocenters. The Morgan fingerprint density at radius 2 is 2.29 bits per heavy atom. The predicted octanol–water partition coefficient (Wildman–Crippen LogP) is 1.87. The molecule has 1 rings (SSSR count). The second kappa shape index (κ2) is 4.45. The summed E-state index contributed by atoms with van der Waals surface area (Å²) < 4.78 is 25.2. The quantitative estimate of drug-likeness (QED) is 0.595. The summed E-state index contributed by atoms with van der Waals surface area (Å²) in [7, 11) is 0. The molecule has 0 saturated carbocycles. The third-order valence-electron chi connectivity index (χ3n) is 1.42. The van der Waals surface area contributed by atoms with Crippen LogP contribution in [-0.4, -0.2) is 10.9 Å². The molecule has 1 aromatic rings. The maximum absolute atomic E-state index is 12.9. The SMILES string of the molecule is C=CCC(=O)Nc1ccc(F)nc1F. The van der Waals surface area contributed by atoms with Crippen LogP contribution in [0.4, 0.5) is 14.5 Å². The molecule has 0 fully saturated rings. The van der Waals surface area contributed by atoms with Gasteiger partial charge in [-0.3, -0.25) is 4.79 Å². The number of nitrogens with one attached hydrogen (secondary N) is 1. The van der Waals surface area contributed by atoms with Crippen LogP contribution in [-0.2, 0) is 4.79 Å². The second-order valence-corrected chi connectivity index (χ2v) is 2.51. The fraction of sp³-hybridized carbons (Fsp3) is 0.111. The number of pyridine rings is 1. The van der Waals surface area contributed by atoms with Crippen molar-refractivity contribution in [1.29, 1.82) is 0 Å². The third kappa shape index (κ3) is 2.62. The Balaban J connectivity index is 2.76. The van der Waals surface area contributed by atoms with Crippen LogP contribution in [0.25, 0.3) is 0 Å². The minimum absolute atomic E-state index is 0.0663. The summed E-state index contributed by atoms with van der Waals surface area (Å²) >= 11 is 0. The number of carbonyl (C=O) groups excluding carboxylic acids is 1. The van der Waals surface area contributed by atoms with Gasteiger partial charge in [0.05, 0.1) is 5.69 Å². The van der Waals surface area contributed by atoms with Gasteiger partial charge in [-0.05, 0) is 12.1 Å². The number of hydrogen-bond acceptors (Lipinski definition) is 2. The molecule has 0 unspecified atom stereocenters. The van der Waals surface area contributed by atoms with E-state index >= 15 is 0 Å². The van der Waals surface area contributed by atoms with Gasteiger partial charge < -0.3 is 5.32 Å². The van der Waals surface area contributed by atoms with Crippen LogP contribution in [0.15, 0.2) is 24.8 Å². The van der Waals surface area contributed by atoms with Gasteiger partial charge in [0, 0.05) is 6.42 Å². The fourth-order valence-electron chi connectivity index (χ4n) is 0.838. The topological polar surface area (TPSA) is 42.0 Å². The lowest BCUT2D eigenvalue weighted by Gasteiger charge is -2.03. The van der Waals surface area contributed by atoms with Crippen LogP contribution in [0, 0.1) is 11.9 Å². The molecule has 0 aliphatic heterocycles. The number of carbonyl (C=O) groups is 1. The van der Waals surface area contributed by atoms with Crippen LogP contribution in [0.3, 0.4) is 0 Å². The first-order valence-electron chi connectivity index (χ1n) is 3.86. The van der Waals surface area contributed by atoms with E-state index in [-0.39, 0.29) is 12.1 Å². The van der Waals surface area contributed by atoms with Crippen molar-refractivity contribution < 1.29 is 13.6 Å². The van der Waals surface area contributed by atoms with Gasteiger partial charge in [-0.25, -0.2) is 0 Å². The molecule has 1 N–H and O–H groups in total. The van der Waals surface area contributed by atoms with E-state index in [4.69, 9.17) is 0 Å². The summed E-state index contributed by atoms with van der Waals surface area (Å²) in [5.41, 5.74) is -0.141. The molecule has 0 bridgehead atoms. The minimum atomic E-state index is -1.04. The lowest BCUT2D eigenvalue weighted by molar-refractivity contribution is -0.115. The number of nitrogens with zero attached hydrogens (tertiary/aromatic N) is 1. The summed E-state index contributed by atoms with van der Waals surface area (Å²) in [4.78, 5) is 13.9. The van der Waals surface area contributed by atoms with E-state index in [1.807, 2.05) is 0 Å². The largest absolute Gasteiger partial charge is 0.322 e. The average Bonchev–Trinajstić information content (AvgIpc) is 2.10. The molecule has 1 aromatic heterocycles. The highest BCUT2D eigenvalue weighted by atomic mass is 19.1. The Morgan fingerprint density at radius 1 is 1.57 bits per heavy atom. The maximum atomic E-state index is 12.9. The van der Waals surface area contributed by atoms with E-state index in [2.05, 4.69) is 16.9 Å². The smallest absolute Gasteiger partial charge is 0.239 e. The van der Waals surface area contributed by atoms with E-state index < -0.39 is 17.8 Å². The number of aromatic nitrogens is 1. The van der Waals surface area contributed by atoms with Crippen molar-refractivity contribution in [1.82, 2.24) is 4.98 Å². The summed E-state index contributed by atoms with van der Waals surface area (Å²) in [5, 5.41) is 2.22. The average molecular weight is 198 g/mol. The molecule has 0 aliphatic carbocycles.